The molecular formula is C16H19N5O5S2. The lowest BCUT2D eigenvalue weighted by Gasteiger charge is -2.12. The fraction of sp³-hybridized carbons (Fsp3) is 0.312. The molecule has 2 rings (SSSR count). The number of nitrogens with zero attached hydrogens (tertiary/aromatic N) is 2. The Morgan fingerprint density at radius 2 is 1.96 bits per heavy atom. The van der Waals surface area contributed by atoms with E-state index in [0.29, 0.717) is 21.5 Å². The Hall–Kier alpha value is -2.86. The molecule has 3 N–H and O–H groups in total. The number of hydrogen-bond acceptors (Lipinski definition) is 9. The molecule has 1 heterocycles. The zero-order chi connectivity index (χ0) is 20.5. The van der Waals surface area contributed by atoms with Gasteiger partial charge in [-0.3, -0.25) is 14.9 Å². The summed E-state index contributed by atoms with van der Waals surface area (Å²) in [7, 11) is 1.48. The molecule has 0 bridgehead atoms. The summed E-state index contributed by atoms with van der Waals surface area (Å²) in [4.78, 5) is 34.8. The first kappa shape index (κ1) is 21.4. The van der Waals surface area contributed by atoms with Gasteiger partial charge in [0.05, 0.1) is 25.2 Å². The van der Waals surface area contributed by atoms with E-state index in [1.807, 2.05) is 0 Å². The highest BCUT2D eigenvalue weighted by molar-refractivity contribution is 8.01. The van der Waals surface area contributed by atoms with E-state index in [0.717, 1.165) is 11.3 Å². The van der Waals surface area contributed by atoms with Crippen molar-refractivity contribution in [2.45, 2.75) is 18.2 Å². The maximum Gasteiger partial charge on any atom is 0.413 e. The molecule has 0 saturated heterocycles. The van der Waals surface area contributed by atoms with E-state index in [1.54, 1.807) is 25.1 Å². The molecule has 0 spiro atoms. The monoisotopic (exact) mass is 425 g/mol. The number of thioether (sulfide) groups is 1. The van der Waals surface area contributed by atoms with Crippen molar-refractivity contribution >= 4 is 57.5 Å². The number of methoxy groups -OCH3 is 1. The summed E-state index contributed by atoms with van der Waals surface area (Å²) >= 11 is 2.30. The molecule has 0 radical (unpaired) electrons. The first-order valence-corrected chi connectivity index (χ1v) is 9.87. The fourth-order valence-corrected chi connectivity index (χ4v) is 3.51. The number of carbonyl (C=O) groups is 3. The van der Waals surface area contributed by atoms with Crippen molar-refractivity contribution in [3.05, 3.63) is 18.2 Å². The largest absolute Gasteiger partial charge is 0.495 e. The number of carbonyl (C=O) groups excluding carboxylic acids is 3. The maximum atomic E-state index is 12.2. The molecule has 12 heteroatoms. The van der Waals surface area contributed by atoms with E-state index >= 15 is 0 Å². The van der Waals surface area contributed by atoms with Crippen LogP contribution in [0.2, 0.25) is 0 Å². The van der Waals surface area contributed by atoms with Crippen LogP contribution in [-0.2, 0) is 14.3 Å². The molecular weight excluding hydrogens is 406 g/mol. The average molecular weight is 425 g/mol. The van der Waals surface area contributed by atoms with Crippen LogP contribution in [0.1, 0.15) is 13.8 Å². The Kier molecular flexibility index (Phi) is 8.02. The van der Waals surface area contributed by atoms with Gasteiger partial charge in [-0.1, -0.05) is 23.1 Å². The lowest BCUT2D eigenvalue weighted by molar-refractivity contribution is -0.114. The second-order valence-corrected chi connectivity index (χ2v) is 7.35. The van der Waals surface area contributed by atoms with E-state index in [2.05, 4.69) is 26.1 Å². The Labute approximate surface area is 169 Å². The van der Waals surface area contributed by atoms with Gasteiger partial charge in [-0.2, -0.15) is 0 Å². The lowest BCUT2D eigenvalue weighted by Crippen LogP contribution is -2.15. The molecule has 0 fully saturated rings. The van der Waals surface area contributed by atoms with E-state index in [1.165, 1.54) is 25.8 Å². The third kappa shape index (κ3) is 6.70. The van der Waals surface area contributed by atoms with Crippen LogP contribution < -0.4 is 20.7 Å². The molecule has 0 aliphatic carbocycles. The van der Waals surface area contributed by atoms with Crippen molar-refractivity contribution < 1.29 is 23.9 Å². The topological polar surface area (TPSA) is 132 Å². The minimum atomic E-state index is -0.612. The van der Waals surface area contributed by atoms with Gasteiger partial charge < -0.3 is 20.1 Å². The van der Waals surface area contributed by atoms with Crippen molar-refractivity contribution in [2.75, 3.05) is 35.4 Å². The second kappa shape index (κ2) is 10.5. The summed E-state index contributed by atoms with van der Waals surface area (Å²) in [5.74, 6) is 0.0193. The van der Waals surface area contributed by atoms with E-state index in [-0.39, 0.29) is 29.3 Å². The number of ether oxygens (including phenoxy) is 2. The summed E-state index contributed by atoms with van der Waals surface area (Å²) in [6.45, 7) is 3.34. The summed E-state index contributed by atoms with van der Waals surface area (Å²) in [5.41, 5.74) is 0.969. The fourth-order valence-electron chi connectivity index (χ4n) is 1.97. The molecule has 0 saturated carbocycles. The zero-order valence-electron chi connectivity index (χ0n) is 15.4. The van der Waals surface area contributed by atoms with Gasteiger partial charge in [-0.25, -0.2) is 4.79 Å². The van der Waals surface area contributed by atoms with Crippen molar-refractivity contribution in [3.8, 4) is 5.75 Å². The molecule has 3 amide bonds. The quantitative estimate of drug-likeness (QED) is 0.435. The molecule has 1 aromatic heterocycles. The van der Waals surface area contributed by atoms with Gasteiger partial charge in [0.1, 0.15) is 5.75 Å². The minimum Gasteiger partial charge on any atom is -0.495 e. The van der Waals surface area contributed by atoms with E-state index in [4.69, 9.17) is 9.47 Å². The van der Waals surface area contributed by atoms with Crippen LogP contribution in [0.15, 0.2) is 22.5 Å². The van der Waals surface area contributed by atoms with Gasteiger partial charge in [0, 0.05) is 12.6 Å². The smallest absolute Gasteiger partial charge is 0.413 e. The third-order valence-corrected chi connectivity index (χ3v) is 4.98. The zero-order valence-corrected chi connectivity index (χ0v) is 17.0. The number of nitrogens with one attached hydrogen (secondary N) is 3. The van der Waals surface area contributed by atoms with Crippen molar-refractivity contribution in [3.63, 3.8) is 0 Å². The van der Waals surface area contributed by atoms with Crippen LogP contribution in [-0.4, -0.2) is 47.6 Å². The van der Waals surface area contributed by atoms with Crippen molar-refractivity contribution in [2.24, 2.45) is 0 Å². The highest BCUT2D eigenvalue weighted by Crippen LogP contribution is 2.29. The standard InChI is InChI=1S/C16H19N5O5S2/c1-4-26-15(24)19-14-20-21-16(28-14)27-8-13(23)18-11-7-10(17-9(2)22)5-6-12(11)25-3/h5-7H,4,8H2,1-3H3,(H,17,22)(H,18,23)(H,19,20,24). The first-order chi connectivity index (χ1) is 13.4. The third-order valence-electron chi connectivity index (χ3n) is 3.01. The van der Waals surface area contributed by atoms with Crippen molar-refractivity contribution in [1.29, 1.82) is 0 Å². The summed E-state index contributed by atoms with van der Waals surface area (Å²) < 4.78 is 10.5. The molecule has 150 valence electrons. The molecule has 28 heavy (non-hydrogen) atoms. The molecule has 1 aromatic carbocycles. The SMILES string of the molecule is CCOC(=O)Nc1nnc(SCC(=O)Nc2cc(NC(C)=O)ccc2OC)s1. The van der Waals surface area contributed by atoms with Gasteiger partial charge in [-0.05, 0) is 25.1 Å². The van der Waals surface area contributed by atoms with Crippen molar-refractivity contribution in [1.82, 2.24) is 10.2 Å². The number of aromatic nitrogens is 2. The molecule has 2 aromatic rings. The van der Waals surface area contributed by atoms with Crippen LogP contribution in [0, 0.1) is 0 Å². The van der Waals surface area contributed by atoms with Crippen LogP contribution in [0.25, 0.3) is 0 Å². The highest BCUT2D eigenvalue weighted by atomic mass is 32.2. The molecule has 0 unspecified atom stereocenters. The Balaban J connectivity index is 1.93. The number of anilines is 3. The number of amides is 3. The first-order valence-electron chi connectivity index (χ1n) is 8.06. The van der Waals surface area contributed by atoms with Gasteiger partial charge in [-0.15, -0.1) is 10.2 Å². The maximum absolute atomic E-state index is 12.2. The second-order valence-electron chi connectivity index (χ2n) is 5.15. The van der Waals surface area contributed by atoms with Gasteiger partial charge >= 0.3 is 6.09 Å². The van der Waals surface area contributed by atoms with Crippen LogP contribution in [0.3, 0.4) is 0 Å². The van der Waals surface area contributed by atoms with E-state index in [9.17, 15) is 14.4 Å². The lowest BCUT2D eigenvalue weighted by atomic mass is 10.2. The molecule has 0 aliphatic rings. The summed E-state index contributed by atoms with van der Waals surface area (Å²) in [5, 5.41) is 15.8. The average Bonchev–Trinajstić information content (AvgIpc) is 3.07. The van der Waals surface area contributed by atoms with Gasteiger partial charge in [0.15, 0.2) is 4.34 Å². The number of hydrogen-bond donors (Lipinski definition) is 3. The van der Waals surface area contributed by atoms with Gasteiger partial charge in [0.2, 0.25) is 16.9 Å². The summed E-state index contributed by atoms with van der Waals surface area (Å²) in [6.07, 6.45) is -0.612. The van der Waals surface area contributed by atoms with Gasteiger partial charge in [0.25, 0.3) is 0 Å². The minimum absolute atomic E-state index is 0.0710. The van der Waals surface area contributed by atoms with Crippen LogP contribution in [0.4, 0.5) is 21.3 Å². The highest BCUT2D eigenvalue weighted by Gasteiger charge is 2.13. The number of benzene rings is 1. The molecule has 0 atom stereocenters. The summed E-state index contributed by atoms with van der Waals surface area (Å²) in [6, 6.07) is 4.92. The Morgan fingerprint density at radius 3 is 2.64 bits per heavy atom. The molecule has 0 aliphatic heterocycles. The normalized spacial score (nSPS) is 10.1. The van der Waals surface area contributed by atoms with Crippen LogP contribution >= 0.6 is 23.1 Å². The van der Waals surface area contributed by atoms with Crippen LogP contribution in [0.5, 0.6) is 5.75 Å². The Morgan fingerprint density at radius 1 is 1.18 bits per heavy atom. The molecule has 10 nitrogen and oxygen atoms in total. The predicted molar refractivity (Wildman–Crippen MR) is 107 cm³/mol. The Bertz CT molecular complexity index is 858. The number of rotatable bonds is 8. The predicted octanol–water partition coefficient (Wildman–Crippen LogP) is 2.80. The van der Waals surface area contributed by atoms with E-state index < -0.39 is 6.09 Å².